The Hall–Kier alpha value is -4.67. The van der Waals surface area contributed by atoms with Gasteiger partial charge in [-0.1, -0.05) is 31.5 Å². The third-order valence-electron chi connectivity index (χ3n) is 6.49. The van der Waals surface area contributed by atoms with Crippen LogP contribution < -0.4 is 26.6 Å². The van der Waals surface area contributed by atoms with Crippen molar-refractivity contribution >= 4 is 29.2 Å². The number of hydrogen-bond donors (Lipinski definition) is 2. The number of nitrogens with two attached hydrogens (primary N) is 1. The summed E-state index contributed by atoms with van der Waals surface area (Å²) in [6.45, 7) is 3.93. The molecule has 1 aliphatic rings. The average Bonchev–Trinajstić information content (AvgIpc) is 3.15. The maximum absolute atomic E-state index is 13.8. The molecule has 0 saturated heterocycles. The van der Waals surface area contributed by atoms with Gasteiger partial charge >= 0.3 is 5.69 Å². The van der Waals surface area contributed by atoms with Crippen molar-refractivity contribution in [3.63, 3.8) is 0 Å². The average molecular weight is 520 g/mol. The van der Waals surface area contributed by atoms with Gasteiger partial charge in [-0.2, -0.15) is 0 Å². The number of ether oxygens (including phenoxy) is 1. The molecule has 3 aromatic rings. The molecule has 2 aromatic carbocycles. The summed E-state index contributed by atoms with van der Waals surface area (Å²) >= 11 is 0. The van der Waals surface area contributed by atoms with Gasteiger partial charge in [0.15, 0.2) is 5.69 Å². The van der Waals surface area contributed by atoms with Crippen LogP contribution >= 0.6 is 0 Å². The highest BCUT2D eigenvalue weighted by Crippen LogP contribution is 2.28. The first-order valence-electron chi connectivity index (χ1n) is 12.3. The molecule has 0 bridgehead atoms. The Morgan fingerprint density at radius 3 is 2.26 bits per heavy atom. The molecule has 198 valence electrons. The summed E-state index contributed by atoms with van der Waals surface area (Å²) < 4.78 is 6.65. The van der Waals surface area contributed by atoms with Crippen molar-refractivity contribution in [2.45, 2.75) is 39.8 Å². The molecule has 3 amide bonds. The van der Waals surface area contributed by atoms with Gasteiger partial charge in [0.05, 0.1) is 30.3 Å². The number of benzene rings is 2. The van der Waals surface area contributed by atoms with Crippen molar-refractivity contribution < 1.29 is 19.1 Å². The third-order valence-corrected chi connectivity index (χ3v) is 6.49. The fourth-order valence-electron chi connectivity index (χ4n) is 4.51. The highest BCUT2D eigenvalue weighted by atomic mass is 16.5. The number of H-pyrrole nitrogens is 1. The lowest BCUT2D eigenvalue weighted by molar-refractivity contribution is 0.0642. The second kappa shape index (κ2) is 10.8. The van der Waals surface area contributed by atoms with Gasteiger partial charge in [0.25, 0.3) is 23.3 Å². The molecule has 1 aliphatic heterocycles. The first-order valence-corrected chi connectivity index (χ1v) is 12.3. The Morgan fingerprint density at radius 2 is 1.68 bits per heavy atom. The summed E-state index contributed by atoms with van der Waals surface area (Å²) in [5.41, 5.74) is 5.94. The highest BCUT2D eigenvalue weighted by molar-refractivity contribution is 6.21. The molecule has 38 heavy (non-hydrogen) atoms. The number of methoxy groups -OCH3 is 1. The zero-order valence-electron chi connectivity index (χ0n) is 21.4. The molecule has 1 aromatic heterocycles. The number of nitrogen functional groups attached to an aromatic ring is 1. The molecular formula is C27H29N5O6. The number of carbonyl (C=O) groups excluding carboxylic acids is 3. The van der Waals surface area contributed by atoms with Gasteiger partial charge in [-0.05, 0) is 43.2 Å². The van der Waals surface area contributed by atoms with Gasteiger partial charge in [-0.15, -0.1) is 0 Å². The lowest BCUT2D eigenvalue weighted by Crippen LogP contribution is -2.41. The molecule has 0 unspecified atom stereocenters. The summed E-state index contributed by atoms with van der Waals surface area (Å²) in [6, 6.07) is 11.3. The second-order valence-corrected chi connectivity index (χ2v) is 8.82. The normalized spacial score (nSPS) is 12.6. The van der Waals surface area contributed by atoms with Crippen LogP contribution in [0.1, 0.15) is 63.3 Å². The number of carbonyl (C=O) groups is 3. The van der Waals surface area contributed by atoms with Crippen LogP contribution in [-0.4, -0.2) is 45.8 Å². The quantitative estimate of drug-likeness (QED) is 0.413. The maximum atomic E-state index is 13.8. The number of anilines is 2. The molecule has 4 rings (SSSR count). The largest absolute Gasteiger partial charge is 0.496 e. The summed E-state index contributed by atoms with van der Waals surface area (Å²) in [7, 11) is 1.40. The molecule has 0 saturated carbocycles. The Kier molecular flexibility index (Phi) is 7.47. The summed E-state index contributed by atoms with van der Waals surface area (Å²) in [6.07, 6.45) is 1.46. The van der Waals surface area contributed by atoms with E-state index in [0.717, 1.165) is 11.3 Å². The van der Waals surface area contributed by atoms with E-state index >= 15 is 0 Å². The number of fused-ring (bicyclic) bond motifs is 1. The Labute approximate surface area is 218 Å². The van der Waals surface area contributed by atoms with Crippen LogP contribution in [0.2, 0.25) is 0 Å². The number of aromatic amines is 1. The van der Waals surface area contributed by atoms with Gasteiger partial charge in [-0.3, -0.25) is 33.6 Å². The Morgan fingerprint density at radius 1 is 1.03 bits per heavy atom. The van der Waals surface area contributed by atoms with Crippen molar-refractivity contribution in [3.05, 3.63) is 85.6 Å². The zero-order chi connectivity index (χ0) is 27.6. The lowest BCUT2D eigenvalue weighted by Gasteiger charge is -2.24. The highest BCUT2D eigenvalue weighted by Gasteiger charge is 2.35. The minimum absolute atomic E-state index is 0.0621. The van der Waals surface area contributed by atoms with E-state index in [1.807, 2.05) is 6.92 Å². The molecule has 0 aliphatic carbocycles. The Balaban J connectivity index is 1.71. The second-order valence-electron chi connectivity index (χ2n) is 8.82. The molecule has 11 nitrogen and oxygen atoms in total. The molecule has 0 radical (unpaired) electrons. The van der Waals surface area contributed by atoms with Crippen molar-refractivity contribution in [3.8, 4) is 5.75 Å². The Bertz CT molecular complexity index is 1500. The van der Waals surface area contributed by atoms with Gasteiger partial charge < -0.3 is 15.4 Å². The fraction of sp³-hybridized carbons (Fsp3) is 0.296. The van der Waals surface area contributed by atoms with Crippen LogP contribution in [0.25, 0.3) is 0 Å². The molecular weight excluding hydrogens is 490 g/mol. The van der Waals surface area contributed by atoms with Crippen LogP contribution in [0.4, 0.5) is 11.5 Å². The first kappa shape index (κ1) is 26.4. The molecule has 0 spiro atoms. The van der Waals surface area contributed by atoms with Crippen LogP contribution in [0.5, 0.6) is 5.75 Å². The lowest BCUT2D eigenvalue weighted by atomic mass is 10.1. The molecule has 3 N–H and O–H groups in total. The van der Waals surface area contributed by atoms with Gasteiger partial charge in [0, 0.05) is 13.1 Å². The van der Waals surface area contributed by atoms with Crippen LogP contribution in [0.15, 0.2) is 52.1 Å². The summed E-state index contributed by atoms with van der Waals surface area (Å²) in [5.74, 6) is -1.31. The van der Waals surface area contributed by atoms with E-state index in [9.17, 15) is 24.0 Å². The van der Waals surface area contributed by atoms with E-state index in [1.54, 1.807) is 43.3 Å². The van der Waals surface area contributed by atoms with E-state index in [1.165, 1.54) is 22.6 Å². The topological polar surface area (TPSA) is 148 Å². The number of amides is 3. The fourth-order valence-corrected chi connectivity index (χ4v) is 4.51. The number of hydrogen-bond acceptors (Lipinski definition) is 7. The van der Waals surface area contributed by atoms with Crippen molar-refractivity contribution in [1.29, 1.82) is 0 Å². The number of rotatable bonds is 9. The standard InChI is InChI=1S/C27H29N5O6/c1-4-6-13-31-22(28)21(23(33)29-27(31)37)30(5-2)26(36)19-14-16(11-12-20(19)38-3)15-32-24(34)17-9-7-8-10-18(17)25(32)35/h7-12,14H,4-6,13,15,28H2,1-3H3,(H,29,33,37). The number of nitrogens with one attached hydrogen (secondary N) is 1. The summed E-state index contributed by atoms with van der Waals surface area (Å²) in [5, 5.41) is 0. The minimum atomic E-state index is -0.781. The predicted molar refractivity (Wildman–Crippen MR) is 142 cm³/mol. The third kappa shape index (κ3) is 4.58. The molecule has 2 heterocycles. The molecule has 0 atom stereocenters. The molecule has 11 heteroatoms. The van der Waals surface area contributed by atoms with Crippen LogP contribution in [0.3, 0.4) is 0 Å². The van der Waals surface area contributed by atoms with Crippen molar-refractivity contribution in [2.24, 2.45) is 0 Å². The SMILES string of the molecule is CCCCn1c(N)c(N(CC)C(=O)c2cc(CN3C(=O)c4ccccc4C3=O)ccc2OC)c(=O)[nH]c1=O. The maximum Gasteiger partial charge on any atom is 0.330 e. The monoisotopic (exact) mass is 519 g/mol. The van der Waals surface area contributed by atoms with Gasteiger partial charge in [0.1, 0.15) is 11.6 Å². The van der Waals surface area contributed by atoms with Crippen molar-refractivity contribution in [2.75, 3.05) is 24.3 Å². The molecule has 0 fully saturated rings. The summed E-state index contributed by atoms with van der Waals surface area (Å²) in [4.78, 5) is 69.1. The van der Waals surface area contributed by atoms with Gasteiger partial charge in [0.2, 0.25) is 0 Å². The predicted octanol–water partition coefficient (Wildman–Crippen LogP) is 2.39. The number of aromatic nitrogens is 2. The van der Waals surface area contributed by atoms with E-state index in [2.05, 4.69) is 4.98 Å². The van der Waals surface area contributed by atoms with Crippen LogP contribution in [-0.2, 0) is 13.1 Å². The first-order chi connectivity index (χ1) is 18.2. The van der Waals surface area contributed by atoms with E-state index in [-0.39, 0.29) is 42.5 Å². The minimum Gasteiger partial charge on any atom is -0.496 e. The smallest absolute Gasteiger partial charge is 0.330 e. The van der Waals surface area contributed by atoms with Gasteiger partial charge in [-0.25, -0.2) is 4.79 Å². The zero-order valence-corrected chi connectivity index (χ0v) is 21.4. The van der Waals surface area contributed by atoms with Crippen molar-refractivity contribution in [1.82, 2.24) is 14.5 Å². The van der Waals surface area contributed by atoms with E-state index < -0.39 is 29.0 Å². The van der Waals surface area contributed by atoms with E-state index in [4.69, 9.17) is 10.5 Å². The van der Waals surface area contributed by atoms with Crippen LogP contribution in [0, 0.1) is 0 Å². The number of nitrogens with zero attached hydrogens (tertiary/aromatic N) is 3. The van der Waals surface area contributed by atoms with E-state index in [0.29, 0.717) is 23.1 Å². The number of unbranched alkanes of at least 4 members (excludes halogenated alkanes) is 1. The number of imide groups is 1.